The van der Waals surface area contributed by atoms with Crippen molar-refractivity contribution in [2.24, 2.45) is 0 Å². The van der Waals surface area contributed by atoms with Gasteiger partial charge < -0.3 is 0 Å². The molecule has 32 heavy (non-hydrogen) atoms. The topological polar surface area (TPSA) is 6.48 Å². The van der Waals surface area contributed by atoms with Crippen molar-refractivity contribution in [1.82, 2.24) is 9.62 Å². The normalized spacial score (nSPS) is 15.1. The van der Waals surface area contributed by atoms with Crippen molar-refractivity contribution >= 4 is 36.1 Å². The molecule has 3 aromatic rings. The van der Waals surface area contributed by atoms with Crippen molar-refractivity contribution in [3.63, 3.8) is 0 Å². The third-order valence-electron chi connectivity index (χ3n) is 6.91. The van der Waals surface area contributed by atoms with Crippen LogP contribution in [0, 0.1) is 0 Å². The Morgan fingerprint density at radius 3 is 1.47 bits per heavy atom. The Hall–Kier alpha value is -2.08. The zero-order chi connectivity index (χ0) is 22.6. The Balaban J connectivity index is 1.77. The molecule has 0 spiro atoms. The van der Waals surface area contributed by atoms with Gasteiger partial charge in [-0.15, -0.1) is 0 Å². The van der Waals surface area contributed by atoms with Crippen LogP contribution in [0.1, 0.15) is 6.42 Å². The molecule has 1 heterocycles. The predicted molar refractivity (Wildman–Crippen MR) is 143 cm³/mol. The van der Waals surface area contributed by atoms with Crippen LogP contribution >= 0.6 is 0 Å². The minimum absolute atomic E-state index is 0.435. The zero-order valence-electron chi connectivity index (χ0n) is 19.4. The molecule has 1 aliphatic rings. The standard InChI is InChI=1S/C10H18BN2.3C6H5.Sn/c1-5-6-10(2)9-11-12(3)7-8-13(11)4;3*1-2-4-6-5-3-1;/h1-2,6-9H2,3-4H3;3*1-5H;. The number of nitrogens with zero attached hydrogens (tertiary/aromatic N) is 2. The molecule has 0 N–H and O–H groups in total. The van der Waals surface area contributed by atoms with Crippen LogP contribution in [0.25, 0.3) is 0 Å². The second kappa shape index (κ2) is 10.2. The monoisotopic (exact) mass is 528 g/mol. The fraction of sp³-hybridized carbons (Fsp3) is 0.214. The third kappa shape index (κ3) is 4.52. The van der Waals surface area contributed by atoms with Crippen LogP contribution in [0.4, 0.5) is 0 Å². The van der Waals surface area contributed by atoms with Crippen LogP contribution in [-0.2, 0) is 0 Å². The van der Waals surface area contributed by atoms with E-state index in [1.165, 1.54) is 19.9 Å². The van der Waals surface area contributed by atoms with E-state index < -0.39 is 18.4 Å². The first kappa shape index (κ1) is 23.1. The van der Waals surface area contributed by atoms with Crippen molar-refractivity contribution in [2.75, 3.05) is 27.2 Å². The second-order valence-corrected chi connectivity index (χ2v) is 20.3. The van der Waals surface area contributed by atoms with Gasteiger partial charge in [0.1, 0.15) is 0 Å². The molecule has 0 atom stereocenters. The Morgan fingerprint density at radius 2 is 1.09 bits per heavy atom. The summed E-state index contributed by atoms with van der Waals surface area (Å²) in [5, 5.41) is 0. The Labute approximate surface area is 198 Å². The molecule has 0 amide bonds. The summed E-state index contributed by atoms with van der Waals surface area (Å²) < 4.78 is 5.72. The Bertz CT molecular complexity index is 946. The molecule has 2 nitrogen and oxygen atoms in total. The van der Waals surface area contributed by atoms with Crippen LogP contribution in [0.3, 0.4) is 0 Å². The number of rotatable bonds is 8. The van der Waals surface area contributed by atoms with Gasteiger partial charge in [-0.2, -0.15) is 0 Å². The molecule has 4 heteroatoms. The maximum atomic E-state index is 4.81. The molecule has 0 aromatic heterocycles. The molecule has 1 saturated heterocycles. The summed E-state index contributed by atoms with van der Waals surface area (Å²) in [5.74, 6) is 0. The fourth-order valence-electron chi connectivity index (χ4n) is 5.20. The molecule has 0 unspecified atom stereocenters. The first-order chi connectivity index (χ1) is 15.5. The average molecular weight is 527 g/mol. The zero-order valence-corrected chi connectivity index (χ0v) is 22.2. The van der Waals surface area contributed by atoms with Crippen LogP contribution in [0.15, 0.2) is 113 Å². The van der Waals surface area contributed by atoms with Gasteiger partial charge in [0.25, 0.3) is 0 Å². The van der Waals surface area contributed by atoms with Crippen molar-refractivity contribution < 1.29 is 0 Å². The summed E-state index contributed by atoms with van der Waals surface area (Å²) in [7, 11) is 4.44. The number of benzene rings is 3. The summed E-state index contributed by atoms with van der Waals surface area (Å²) in [6.07, 6.45) is 1.87. The van der Waals surface area contributed by atoms with Gasteiger partial charge in [0, 0.05) is 0 Å². The molecular weight excluding hydrogens is 494 g/mol. The average Bonchev–Trinajstić information content (AvgIpc) is 3.14. The van der Waals surface area contributed by atoms with E-state index in [0.29, 0.717) is 6.98 Å². The van der Waals surface area contributed by atoms with Gasteiger partial charge in [0.2, 0.25) is 0 Å². The van der Waals surface area contributed by atoms with E-state index in [0.717, 1.165) is 25.8 Å². The van der Waals surface area contributed by atoms with Gasteiger partial charge in [0.05, 0.1) is 0 Å². The molecule has 0 radical (unpaired) electrons. The molecule has 0 saturated carbocycles. The van der Waals surface area contributed by atoms with Gasteiger partial charge in [-0.25, -0.2) is 0 Å². The summed E-state index contributed by atoms with van der Waals surface area (Å²) in [4.78, 5) is 4.88. The van der Waals surface area contributed by atoms with E-state index >= 15 is 0 Å². The number of hydrogen-bond acceptors (Lipinski definition) is 2. The molecule has 0 bridgehead atoms. The summed E-state index contributed by atoms with van der Waals surface area (Å²) in [5.41, 5.74) is 1.28. The van der Waals surface area contributed by atoms with Gasteiger partial charge in [-0.05, 0) is 0 Å². The molecule has 0 aliphatic carbocycles. The van der Waals surface area contributed by atoms with Crippen LogP contribution in [-0.4, -0.2) is 62.2 Å². The molecule has 162 valence electrons. The molecular formula is C28H33BN2Sn. The van der Waals surface area contributed by atoms with E-state index in [9.17, 15) is 0 Å². The van der Waals surface area contributed by atoms with E-state index in [2.05, 4.69) is 121 Å². The van der Waals surface area contributed by atoms with E-state index in [4.69, 9.17) is 6.58 Å². The number of likely N-dealkylation sites (N-methyl/N-ethyl adjacent to an activating group) is 2. The summed E-state index contributed by atoms with van der Waals surface area (Å²) in [6.45, 7) is 12.0. The van der Waals surface area contributed by atoms with Crippen LogP contribution < -0.4 is 10.7 Å². The van der Waals surface area contributed by atoms with E-state index in [1.54, 1.807) is 0 Å². The van der Waals surface area contributed by atoms with Crippen molar-refractivity contribution in [3.8, 4) is 0 Å². The molecule has 4 rings (SSSR count). The van der Waals surface area contributed by atoms with Crippen LogP contribution in [0.5, 0.6) is 0 Å². The Morgan fingerprint density at radius 1 is 0.719 bits per heavy atom. The maximum absolute atomic E-state index is 4.81. The Kier molecular flexibility index (Phi) is 7.39. The van der Waals surface area contributed by atoms with Crippen molar-refractivity contribution in [1.29, 1.82) is 0 Å². The van der Waals surface area contributed by atoms with Crippen molar-refractivity contribution in [2.45, 2.75) is 12.7 Å². The second-order valence-electron chi connectivity index (χ2n) is 9.02. The van der Waals surface area contributed by atoms with Crippen molar-refractivity contribution in [3.05, 3.63) is 113 Å². The van der Waals surface area contributed by atoms with E-state index in [-0.39, 0.29) is 0 Å². The van der Waals surface area contributed by atoms with Crippen LogP contribution in [0.2, 0.25) is 6.32 Å². The SMILES string of the molecule is C=C(CB1N(C)CCN1C)C[C](=C)[Sn]([c]1ccccc1)([c]1ccccc1)[c]1ccccc1. The first-order valence-electron chi connectivity index (χ1n) is 11.5. The molecule has 1 aliphatic heterocycles. The fourth-order valence-corrected chi connectivity index (χ4v) is 19.0. The number of allylic oxidation sites excluding steroid dienone is 2. The molecule has 3 aromatic carbocycles. The first-order valence-corrected chi connectivity index (χ1v) is 17.2. The summed E-state index contributed by atoms with van der Waals surface area (Å²) in [6, 6.07) is 33.3. The molecule has 1 fully saturated rings. The third-order valence-corrected chi connectivity index (χ3v) is 20.7. The van der Waals surface area contributed by atoms with Gasteiger partial charge >= 0.3 is 199 Å². The summed E-state index contributed by atoms with van der Waals surface area (Å²) >= 11 is -3.50. The van der Waals surface area contributed by atoms with Gasteiger partial charge in [-0.3, -0.25) is 0 Å². The number of hydrogen-bond donors (Lipinski definition) is 0. The van der Waals surface area contributed by atoms with Gasteiger partial charge in [-0.1, -0.05) is 0 Å². The minimum atomic E-state index is -3.50. The predicted octanol–water partition coefficient (Wildman–Crippen LogP) is 3.56. The quantitative estimate of drug-likeness (QED) is 0.327. The van der Waals surface area contributed by atoms with E-state index in [1.807, 2.05) is 0 Å². The van der Waals surface area contributed by atoms with Gasteiger partial charge in [0.15, 0.2) is 0 Å².